The standard InChI is InChI=1S/C13H9BrF3N3O/c1-6(7-2-3-8(15)9(16)4-7)19-13(21)11-12(17)18-5-10(14)20-11/h2-6H,1H3,(H,19,21)/t6-/m0/s1. The molecule has 1 heterocycles. The van der Waals surface area contributed by atoms with Crippen LogP contribution in [0.3, 0.4) is 0 Å². The number of aromatic nitrogens is 2. The summed E-state index contributed by atoms with van der Waals surface area (Å²) in [5.41, 5.74) is -0.149. The molecule has 0 fully saturated rings. The number of benzene rings is 1. The van der Waals surface area contributed by atoms with Gasteiger partial charge in [-0.3, -0.25) is 4.79 Å². The molecule has 1 aromatic carbocycles. The second-order valence-electron chi connectivity index (χ2n) is 4.20. The van der Waals surface area contributed by atoms with Gasteiger partial charge in [-0.1, -0.05) is 6.07 Å². The van der Waals surface area contributed by atoms with Gasteiger partial charge in [0.25, 0.3) is 5.91 Å². The molecular weight excluding hydrogens is 351 g/mol. The second-order valence-corrected chi connectivity index (χ2v) is 5.01. The van der Waals surface area contributed by atoms with Crippen LogP contribution in [0.25, 0.3) is 0 Å². The van der Waals surface area contributed by atoms with Crippen LogP contribution in [0.15, 0.2) is 29.0 Å². The van der Waals surface area contributed by atoms with Gasteiger partial charge in [-0.05, 0) is 40.5 Å². The lowest BCUT2D eigenvalue weighted by Gasteiger charge is -2.14. The summed E-state index contributed by atoms with van der Waals surface area (Å²) in [4.78, 5) is 19.0. The summed E-state index contributed by atoms with van der Waals surface area (Å²) in [6.45, 7) is 1.55. The lowest BCUT2D eigenvalue weighted by Crippen LogP contribution is -2.28. The first-order chi connectivity index (χ1) is 9.88. The number of carbonyl (C=O) groups is 1. The van der Waals surface area contributed by atoms with Crippen LogP contribution in [0.4, 0.5) is 13.2 Å². The van der Waals surface area contributed by atoms with Crippen LogP contribution in [-0.2, 0) is 0 Å². The van der Waals surface area contributed by atoms with Crippen LogP contribution in [-0.4, -0.2) is 15.9 Å². The lowest BCUT2D eigenvalue weighted by atomic mass is 10.1. The van der Waals surface area contributed by atoms with E-state index in [-0.39, 0.29) is 4.60 Å². The van der Waals surface area contributed by atoms with Gasteiger partial charge < -0.3 is 5.32 Å². The van der Waals surface area contributed by atoms with E-state index in [0.29, 0.717) is 5.56 Å². The zero-order chi connectivity index (χ0) is 15.6. The van der Waals surface area contributed by atoms with Gasteiger partial charge in [0.15, 0.2) is 17.3 Å². The summed E-state index contributed by atoms with van der Waals surface area (Å²) in [6, 6.07) is 2.58. The summed E-state index contributed by atoms with van der Waals surface area (Å²) in [5, 5.41) is 2.44. The Morgan fingerprint density at radius 2 is 2.00 bits per heavy atom. The highest BCUT2D eigenvalue weighted by Gasteiger charge is 2.19. The summed E-state index contributed by atoms with van der Waals surface area (Å²) in [5.74, 6) is -3.84. The van der Waals surface area contributed by atoms with Gasteiger partial charge in [-0.15, -0.1) is 0 Å². The molecule has 1 aromatic heterocycles. The first kappa shape index (κ1) is 15.4. The third-order valence-electron chi connectivity index (χ3n) is 2.70. The average molecular weight is 360 g/mol. The third-order valence-corrected chi connectivity index (χ3v) is 3.09. The summed E-state index contributed by atoms with van der Waals surface area (Å²) in [7, 11) is 0. The Hall–Kier alpha value is -1.96. The average Bonchev–Trinajstić information content (AvgIpc) is 2.44. The summed E-state index contributed by atoms with van der Waals surface area (Å²) < 4.78 is 39.6. The first-order valence-corrected chi connectivity index (χ1v) is 6.61. The number of hydrogen-bond acceptors (Lipinski definition) is 3. The van der Waals surface area contributed by atoms with E-state index < -0.39 is 35.2 Å². The molecule has 21 heavy (non-hydrogen) atoms. The maximum absolute atomic E-state index is 13.4. The van der Waals surface area contributed by atoms with Crippen LogP contribution in [0.5, 0.6) is 0 Å². The molecule has 0 spiro atoms. The Labute approximate surface area is 126 Å². The molecule has 1 amide bonds. The molecule has 8 heteroatoms. The van der Waals surface area contributed by atoms with Crippen molar-refractivity contribution < 1.29 is 18.0 Å². The van der Waals surface area contributed by atoms with Crippen molar-refractivity contribution in [3.63, 3.8) is 0 Å². The fraction of sp³-hybridized carbons (Fsp3) is 0.154. The molecule has 0 aliphatic rings. The highest BCUT2D eigenvalue weighted by Crippen LogP contribution is 2.17. The normalized spacial score (nSPS) is 12.0. The minimum atomic E-state index is -1.03. The lowest BCUT2D eigenvalue weighted by molar-refractivity contribution is 0.0929. The predicted octanol–water partition coefficient (Wildman–Crippen LogP) is 3.15. The van der Waals surface area contributed by atoms with Crippen molar-refractivity contribution in [1.82, 2.24) is 15.3 Å². The Morgan fingerprint density at radius 1 is 1.29 bits per heavy atom. The molecule has 1 atom stereocenters. The molecule has 0 unspecified atom stereocenters. The van der Waals surface area contributed by atoms with Crippen molar-refractivity contribution in [2.45, 2.75) is 13.0 Å². The van der Waals surface area contributed by atoms with Crippen LogP contribution in [0.1, 0.15) is 29.0 Å². The minimum absolute atomic E-state index is 0.203. The summed E-state index contributed by atoms with van der Waals surface area (Å²) in [6.07, 6.45) is 1.12. The van der Waals surface area contributed by atoms with Crippen molar-refractivity contribution in [1.29, 1.82) is 0 Å². The molecule has 1 N–H and O–H groups in total. The monoisotopic (exact) mass is 359 g/mol. The number of hydrogen-bond donors (Lipinski definition) is 1. The molecule has 0 saturated heterocycles. The van der Waals surface area contributed by atoms with E-state index in [2.05, 4.69) is 31.2 Å². The van der Waals surface area contributed by atoms with E-state index in [1.54, 1.807) is 6.92 Å². The Bertz CT molecular complexity index is 696. The SMILES string of the molecule is C[C@H](NC(=O)c1nc(Br)cnc1F)c1ccc(F)c(F)c1. The molecule has 2 rings (SSSR count). The van der Waals surface area contributed by atoms with Gasteiger partial charge in [0.05, 0.1) is 12.2 Å². The van der Waals surface area contributed by atoms with Gasteiger partial charge in [-0.2, -0.15) is 4.39 Å². The Balaban J connectivity index is 2.18. The number of amides is 1. The zero-order valence-electron chi connectivity index (χ0n) is 10.7. The largest absolute Gasteiger partial charge is 0.344 e. The molecule has 0 radical (unpaired) electrons. The summed E-state index contributed by atoms with van der Waals surface area (Å²) >= 11 is 2.98. The minimum Gasteiger partial charge on any atom is -0.344 e. The highest BCUT2D eigenvalue weighted by molar-refractivity contribution is 9.10. The molecule has 2 aromatic rings. The van der Waals surface area contributed by atoms with Crippen molar-refractivity contribution in [2.75, 3.05) is 0 Å². The molecule has 0 aliphatic carbocycles. The van der Waals surface area contributed by atoms with Crippen LogP contribution < -0.4 is 5.32 Å². The third kappa shape index (κ3) is 3.57. The maximum atomic E-state index is 13.4. The Morgan fingerprint density at radius 3 is 2.67 bits per heavy atom. The fourth-order valence-electron chi connectivity index (χ4n) is 1.63. The van der Waals surface area contributed by atoms with E-state index in [1.165, 1.54) is 6.07 Å². The second kappa shape index (κ2) is 6.21. The van der Waals surface area contributed by atoms with E-state index in [1.807, 2.05) is 0 Å². The van der Waals surface area contributed by atoms with E-state index in [0.717, 1.165) is 18.3 Å². The van der Waals surface area contributed by atoms with E-state index in [9.17, 15) is 18.0 Å². The number of nitrogens with zero attached hydrogens (tertiary/aromatic N) is 2. The molecular formula is C13H9BrF3N3O. The smallest absolute Gasteiger partial charge is 0.275 e. The molecule has 4 nitrogen and oxygen atoms in total. The number of nitrogens with one attached hydrogen (secondary N) is 1. The van der Waals surface area contributed by atoms with E-state index >= 15 is 0 Å². The number of carbonyl (C=O) groups excluding carboxylic acids is 1. The topological polar surface area (TPSA) is 54.9 Å². The maximum Gasteiger partial charge on any atom is 0.275 e. The molecule has 0 aliphatic heterocycles. The number of halogens is 4. The molecule has 0 saturated carbocycles. The van der Waals surface area contributed by atoms with E-state index in [4.69, 9.17) is 0 Å². The van der Waals surface area contributed by atoms with Gasteiger partial charge in [0.2, 0.25) is 5.95 Å². The molecule has 110 valence electrons. The first-order valence-electron chi connectivity index (χ1n) is 5.82. The van der Waals surface area contributed by atoms with Gasteiger partial charge >= 0.3 is 0 Å². The van der Waals surface area contributed by atoms with Crippen LogP contribution >= 0.6 is 15.9 Å². The zero-order valence-corrected chi connectivity index (χ0v) is 12.3. The van der Waals surface area contributed by atoms with Crippen molar-refractivity contribution in [3.8, 4) is 0 Å². The van der Waals surface area contributed by atoms with Gasteiger partial charge in [-0.25, -0.2) is 18.7 Å². The van der Waals surface area contributed by atoms with Crippen molar-refractivity contribution >= 4 is 21.8 Å². The van der Waals surface area contributed by atoms with Gasteiger partial charge in [0.1, 0.15) is 4.60 Å². The predicted molar refractivity (Wildman–Crippen MR) is 71.9 cm³/mol. The van der Waals surface area contributed by atoms with Crippen LogP contribution in [0.2, 0.25) is 0 Å². The van der Waals surface area contributed by atoms with Crippen LogP contribution in [0, 0.1) is 17.6 Å². The molecule has 0 bridgehead atoms. The number of rotatable bonds is 3. The fourth-order valence-corrected chi connectivity index (χ4v) is 1.91. The van der Waals surface area contributed by atoms with Crippen molar-refractivity contribution in [2.24, 2.45) is 0 Å². The highest BCUT2D eigenvalue weighted by atomic mass is 79.9. The quantitative estimate of drug-likeness (QED) is 0.915. The van der Waals surface area contributed by atoms with Crippen molar-refractivity contribution in [3.05, 3.63) is 57.8 Å². The van der Waals surface area contributed by atoms with Gasteiger partial charge in [0, 0.05) is 0 Å². The Kier molecular flexibility index (Phi) is 4.56.